The van der Waals surface area contributed by atoms with Crippen LogP contribution in [0.15, 0.2) is 36.4 Å². The number of hydrogen-bond acceptors (Lipinski definition) is 3. The fraction of sp³-hybridized carbons (Fsp3) is 0.412. The molecule has 1 aliphatic heterocycles. The molecule has 0 saturated heterocycles. The summed E-state index contributed by atoms with van der Waals surface area (Å²) in [6.45, 7) is 3.15. The number of fused-ring (bicyclic) bond motifs is 1. The minimum absolute atomic E-state index is 0.360. The number of nitrogens with zero attached hydrogens (tertiary/aromatic N) is 3. The summed E-state index contributed by atoms with van der Waals surface area (Å²) in [5.74, 6) is -4.34. The quantitative estimate of drug-likeness (QED) is 0.936. The van der Waals surface area contributed by atoms with E-state index in [2.05, 4.69) is 27.4 Å². The van der Waals surface area contributed by atoms with Crippen LogP contribution in [0, 0.1) is 5.92 Å². The molecule has 1 aromatic heterocycles. The fourth-order valence-corrected chi connectivity index (χ4v) is 3.07. The third-order valence-corrected chi connectivity index (χ3v) is 4.52. The summed E-state index contributed by atoms with van der Waals surface area (Å²) in [4.78, 5) is 14.1. The highest BCUT2D eigenvalue weighted by molar-refractivity contribution is 5.94. The molecule has 1 amide bonds. The van der Waals surface area contributed by atoms with Crippen molar-refractivity contribution in [3.63, 3.8) is 0 Å². The van der Waals surface area contributed by atoms with Crippen molar-refractivity contribution < 1.29 is 13.6 Å². The standard InChI is InChI=1S/C17H18F2N4O/c18-17(19)9-14(17)16(24)20-15-8-13-11-22(6-7-23(13)21-15)10-12-4-2-1-3-5-12/h1-5,8,14H,6-7,9-11H2,(H,20,21,24). The maximum Gasteiger partial charge on any atom is 0.260 e. The molecular weight excluding hydrogens is 314 g/mol. The van der Waals surface area contributed by atoms with Gasteiger partial charge in [-0.25, -0.2) is 8.78 Å². The predicted molar refractivity (Wildman–Crippen MR) is 84.5 cm³/mol. The third-order valence-electron chi connectivity index (χ3n) is 4.52. The molecule has 126 valence electrons. The van der Waals surface area contributed by atoms with Gasteiger partial charge in [0.1, 0.15) is 5.92 Å². The summed E-state index contributed by atoms with van der Waals surface area (Å²) in [5, 5.41) is 6.82. The van der Waals surface area contributed by atoms with Gasteiger partial charge in [-0.05, 0) is 5.56 Å². The Kier molecular flexibility index (Phi) is 3.60. The maximum atomic E-state index is 12.9. The van der Waals surface area contributed by atoms with E-state index in [1.165, 1.54) is 5.56 Å². The van der Waals surface area contributed by atoms with Crippen molar-refractivity contribution in [1.82, 2.24) is 14.7 Å². The van der Waals surface area contributed by atoms with E-state index in [-0.39, 0.29) is 6.42 Å². The number of halogens is 2. The maximum absolute atomic E-state index is 12.9. The van der Waals surface area contributed by atoms with Crippen LogP contribution in [0.3, 0.4) is 0 Å². The summed E-state index contributed by atoms with van der Waals surface area (Å²) in [6, 6.07) is 12.0. The molecule has 7 heteroatoms. The van der Waals surface area contributed by atoms with Gasteiger partial charge >= 0.3 is 0 Å². The zero-order chi connectivity index (χ0) is 16.7. The summed E-state index contributed by atoms with van der Waals surface area (Å²) in [5.41, 5.74) is 2.23. The van der Waals surface area contributed by atoms with Gasteiger partial charge in [-0.1, -0.05) is 30.3 Å². The summed E-state index contributed by atoms with van der Waals surface area (Å²) in [6.07, 6.45) is -0.364. The molecule has 1 unspecified atom stereocenters. The van der Waals surface area contributed by atoms with Gasteiger partial charge < -0.3 is 5.32 Å². The van der Waals surface area contributed by atoms with Crippen LogP contribution in [0.25, 0.3) is 0 Å². The SMILES string of the molecule is O=C(Nc1cc2n(n1)CCN(Cc1ccccc1)C2)C1CC1(F)F. The minimum Gasteiger partial charge on any atom is -0.309 e. The first-order valence-corrected chi connectivity index (χ1v) is 8.03. The Balaban J connectivity index is 1.40. The van der Waals surface area contributed by atoms with Crippen molar-refractivity contribution in [1.29, 1.82) is 0 Å². The number of alkyl halides is 2. The number of benzene rings is 1. The zero-order valence-electron chi connectivity index (χ0n) is 13.1. The summed E-state index contributed by atoms with van der Waals surface area (Å²) in [7, 11) is 0. The predicted octanol–water partition coefficient (Wildman–Crippen LogP) is 2.49. The van der Waals surface area contributed by atoms with Crippen molar-refractivity contribution in [2.24, 2.45) is 5.92 Å². The van der Waals surface area contributed by atoms with E-state index in [1.807, 2.05) is 22.9 Å². The van der Waals surface area contributed by atoms with Crippen molar-refractivity contribution in [3.8, 4) is 0 Å². The van der Waals surface area contributed by atoms with Gasteiger partial charge in [0.15, 0.2) is 5.82 Å². The number of carbonyl (C=O) groups is 1. The van der Waals surface area contributed by atoms with Crippen LogP contribution in [0.2, 0.25) is 0 Å². The summed E-state index contributed by atoms with van der Waals surface area (Å²) >= 11 is 0. The highest BCUT2D eigenvalue weighted by atomic mass is 19.3. The molecule has 2 heterocycles. The second-order valence-corrected chi connectivity index (χ2v) is 6.45. The van der Waals surface area contributed by atoms with E-state index >= 15 is 0 Å². The molecule has 4 rings (SSSR count). The average Bonchev–Trinajstić information content (AvgIpc) is 3.01. The van der Waals surface area contributed by atoms with Crippen LogP contribution < -0.4 is 5.32 Å². The Labute approximate surface area is 138 Å². The molecule has 2 aromatic rings. The van der Waals surface area contributed by atoms with Gasteiger partial charge in [0.2, 0.25) is 5.91 Å². The van der Waals surface area contributed by atoms with Crippen LogP contribution in [-0.2, 0) is 24.4 Å². The topological polar surface area (TPSA) is 50.2 Å². The van der Waals surface area contributed by atoms with Crippen molar-refractivity contribution in [3.05, 3.63) is 47.7 Å². The van der Waals surface area contributed by atoms with Gasteiger partial charge in [0.25, 0.3) is 5.92 Å². The lowest BCUT2D eigenvalue weighted by Gasteiger charge is -2.27. The molecule has 1 aromatic carbocycles. The highest BCUT2D eigenvalue weighted by Gasteiger charge is 2.61. The van der Waals surface area contributed by atoms with Gasteiger partial charge in [-0.15, -0.1) is 0 Å². The van der Waals surface area contributed by atoms with E-state index in [9.17, 15) is 13.6 Å². The van der Waals surface area contributed by atoms with E-state index in [4.69, 9.17) is 0 Å². The largest absolute Gasteiger partial charge is 0.309 e. The lowest BCUT2D eigenvalue weighted by molar-refractivity contribution is -0.119. The zero-order valence-corrected chi connectivity index (χ0v) is 13.1. The van der Waals surface area contributed by atoms with E-state index in [0.29, 0.717) is 5.82 Å². The van der Waals surface area contributed by atoms with Gasteiger partial charge in [-0.3, -0.25) is 14.4 Å². The molecule has 1 N–H and O–H groups in total. The van der Waals surface area contributed by atoms with E-state index in [1.54, 1.807) is 6.07 Å². The second-order valence-electron chi connectivity index (χ2n) is 6.45. The van der Waals surface area contributed by atoms with Crippen LogP contribution >= 0.6 is 0 Å². The molecule has 1 atom stereocenters. The Morgan fingerprint density at radius 2 is 2.04 bits per heavy atom. The first-order valence-electron chi connectivity index (χ1n) is 8.03. The van der Waals surface area contributed by atoms with Crippen molar-refractivity contribution >= 4 is 11.7 Å². The third kappa shape index (κ3) is 3.03. The van der Waals surface area contributed by atoms with E-state index in [0.717, 1.165) is 31.9 Å². The number of carbonyl (C=O) groups excluding carboxylic acids is 1. The lowest BCUT2D eigenvalue weighted by Crippen LogP contribution is -2.33. The van der Waals surface area contributed by atoms with Crippen LogP contribution in [-0.4, -0.2) is 33.1 Å². The summed E-state index contributed by atoms with van der Waals surface area (Å²) < 4.78 is 27.7. The van der Waals surface area contributed by atoms with Gasteiger partial charge in [0, 0.05) is 32.1 Å². The number of nitrogens with one attached hydrogen (secondary N) is 1. The lowest BCUT2D eigenvalue weighted by atomic mass is 10.2. The first-order chi connectivity index (χ1) is 11.5. The Bertz CT molecular complexity index is 759. The molecule has 0 bridgehead atoms. The second kappa shape index (κ2) is 5.66. The average molecular weight is 332 g/mol. The van der Waals surface area contributed by atoms with Crippen molar-refractivity contribution in [2.75, 3.05) is 11.9 Å². The Hall–Kier alpha value is -2.28. The molecule has 1 fully saturated rings. The molecular formula is C17H18F2N4O. The molecule has 1 aliphatic carbocycles. The highest BCUT2D eigenvalue weighted by Crippen LogP contribution is 2.49. The smallest absolute Gasteiger partial charge is 0.260 e. The van der Waals surface area contributed by atoms with Crippen LogP contribution in [0.4, 0.5) is 14.6 Å². The molecule has 5 nitrogen and oxygen atoms in total. The molecule has 0 spiro atoms. The van der Waals surface area contributed by atoms with Crippen LogP contribution in [0.1, 0.15) is 17.7 Å². The number of amides is 1. The minimum atomic E-state index is -2.85. The van der Waals surface area contributed by atoms with Crippen LogP contribution in [0.5, 0.6) is 0 Å². The Morgan fingerprint density at radius 3 is 2.75 bits per heavy atom. The van der Waals surface area contributed by atoms with Gasteiger partial charge in [0.05, 0.1) is 12.2 Å². The molecule has 1 saturated carbocycles. The first kappa shape index (κ1) is 15.3. The van der Waals surface area contributed by atoms with E-state index < -0.39 is 17.7 Å². The number of anilines is 1. The fourth-order valence-electron chi connectivity index (χ4n) is 3.07. The Morgan fingerprint density at radius 1 is 1.29 bits per heavy atom. The molecule has 0 radical (unpaired) electrons. The monoisotopic (exact) mass is 332 g/mol. The number of aromatic nitrogens is 2. The molecule has 2 aliphatic rings. The number of hydrogen-bond donors (Lipinski definition) is 1. The normalized spacial score (nSPS) is 22.0. The number of rotatable bonds is 4. The van der Waals surface area contributed by atoms with Crippen molar-refractivity contribution in [2.45, 2.75) is 32.0 Å². The molecule has 24 heavy (non-hydrogen) atoms. The van der Waals surface area contributed by atoms with Gasteiger partial charge in [-0.2, -0.15) is 5.10 Å².